The number of carbonyl (C=O) groups excluding carboxylic acids is 1. The van der Waals surface area contributed by atoms with Crippen molar-refractivity contribution in [3.05, 3.63) is 0 Å². The second kappa shape index (κ2) is 4.01. The molecule has 0 heterocycles. The quantitative estimate of drug-likeness (QED) is 0.712. The molecule has 0 radical (unpaired) electrons. The van der Waals surface area contributed by atoms with Crippen LogP contribution in [0.15, 0.2) is 0 Å². The Balaban J connectivity index is 2.34. The minimum absolute atomic E-state index is 0.00984. The third-order valence-electron chi connectivity index (χ3n) is 2.21. The van der Waals surface area contributed by atoms with Gasteiger partial charge in [-0.3, -0.25) is 0 Å². The molecule has 0 bridgehead atoms. The molecule has 0 spiro atoms. The summed E-state index contributed by atoms with van der Waals surface area (Å²) < 4.78 is 5.18. The highest BCUT2D eigenvalue weighted by Gasteiger charge is 2.43. The fourth-order valence-corrected chi connectivity index (χ4v) is 1.75. The SMILES string of the molecule is CC(C)(C)OC(=O)NC1(CCS)CC1. The van der Waals surface area contributed by atoms with Crippen LogP contribution >= 0.6 is 12.6 Å². The zero-order valence-corrected chi connectivity index (χ0v) is 9.99. The minimum atomic E-state index is -0.416. The van der Waals surface area contributed by atoms with Crippen molar-refractivity contribution in [1.82, 2.24) is 5.32 Å². The Labute approximate surface area is 91.0 Å². The third-order valence-corrected chi connectivity index (χ3v) is 2.43. The normalized spacial score (nSPS) is 18.9. The van der Waals surface area contributed by atoms with Crippen molar-refractivity contribution in [3.8, 4) is 0 Å². The van der Waals surface area contributed by atoms with Crippen LogP contribution in [-0.4, -0.2) is 23.0 Å². The molecule has 0 aromatic heterocycles. The van der Waals surface area contributed by atoms with Crippen LogP contribution in [0.3, 0.4) is 0 Å². The van der Waals surface area contributed by atoms with E-state index in [9.17, 15) is 4.79 Å². The lowest BCUT2D eigenvalue weighted by molar-refractivity contribution is 0.0495. The zero-order valence-electron chi connectivity index (χ0n) is 9.09. The van der Waals surface area contributed by atoms with E-state index in [1.807, 2.05) is 20.8 Å². The molecule has 0 saturated heterocycles. The summed E-state index contributed by atoms with van der Waals surface area (Å²) >= 11 is 4.17. The van der Waals surface area contributed by atoms with Gasteiger partial charge in [0.15, 0.2) is 0 Å². The average Bonchev–Trinajstić information content (AvgIpc) is 2.64. The molecule has 82 valence electrons. The summed E-state index contributed by atoms with van der Waals surface area (Å²) in [5.41, 5.74) is -0.425. The van der Waals surface area contributed by atoms with Crippen LogP contribution in [0.2, 0.25) is 0 Å². The predicted molar refractivity (Wildman–Crippen MR) is 59.8 cm³/mol. The number of amides is 1. The van der Waals surface area contributed by atoms with E-state index in [-0.39, 0.29) is 11.6 Å². The summed E-state index contributed by atoms with van der Waals surface area (Å²) in [4.78, 5) is 11.4. The first-order valence-corrected chi connectivity index (χ1v) is 5.62. The highest BCUT2D eigenvalue weighted by Crippen LogP contribution is 2.39. The van der Waals surface area contributed by atoms with Crippen molar-refractivity contribution < 1.29 is 9.53 Å². The molecule has 4 heteroatoms. The average molecular weight is 217 g/mol. The summed E-state index contributed by atoms with van der Waals surface area (Å²) in [6, 6.07) is 0. The second-order valence-electron chi connectivity index (χ2n) is 4.88. The Morgan fingerprint density at radius 3 is 2.43 bits per heavy atom. The first kappa shape index (κ1) is 11.7. The molecule has 1 aliphatic carbocycles. The van der Waals surface area contributed by atoms with Crippen LogP contribution in [-0.2, 0) is 4.74 Å². The van der Waals surface area contributed by atoms with E-state index in [0.29, 0.717) is 0 Å². The van der Waals surface area contributed by atoms with E-state index < -0.39 is 5.60 Å². The van der Waals surface area contributed by atoms with Crippen LogP contribution in [0, 0.1) is 0 Å². The Morgan fingerprint density at radius 1 is 1.50 bits per heavy atom. The largest absolute Gasteiger partial charge is 0.444 e. The Morgan fingerprint density at radius 2 is 2.07 bits per heavy atom. The van der Waals surface area contributed by atoms with Gasteiger partial charge in [-0.05, 0) is 45.8 Å². The van der Waals surface area contributed by atoms with Gasteiger partial charge in [0.25, 0.3) is 0 Å². The fourth-order valence-electron chi connectivity index (χ4n) is 1.32. The van der Waals surface area contributed by atoms with E-state index in [1.165, 1.54) is 0 Å². The van der Waals surface area contributed by atoms with Crippen LogP contribution < -0.4 is 5.32 Å². The first-order chi connectivity index (χ1) is 6.37. The molecule has 1 aliphatic rings. The molecule has 1 saturated carbocycles. The Bertz CT molecular complexity index is 219. The molecule has 14 heavy (non-hydrogen) atoms. The zero-order chi connectivity index (χ0) is 10.8. The summed E-state index contributed by atoms with van der Waals surface area (Å²) in [6.07, 6.45) is 2.71. The summed E-state index contributed by atoms with van der Waals surface area (Å²) in [5.74, 6) is 0.801. The van der Waals surface area contributed by atoms with Gasteiger partial charge in [0.05, 0.1) is 0 Å². The minimum Gasteiger partial charge on any atom is -0.444 e. The molecule has 3 nitrogen and oxygen atoms in total. The predicted octanol–water partition coefficient (Wildman–Crippen LogP) is 2.36. The highest BCUT2D eigenvalue weighted by atomic mass is 32.1. The van der Waals surface area contributed by atoms with Gasteiger partial charge >= 0.3 is 6.09 Å². The maximum absolute atomic E-state index is 11.4. The molecule has 1 N–H and O–H groups in total. The van der Waals surface area contributed by atoms with E-state index >= 15 is 0 Å². The van der Waals surface area contributed by atoms with E-state index in [0.717, 1.165) is 25.0 Å². The second-order valence-corrected chi connectivity index (χ2v) is 5.33. The number of thiol groups is 1. The lowest BCUT2D eigenvalue weighted by atomic mass is 10.2. The summed E-state index contributed by atoms with van der Waals surface area (Å²) in [5, 5.41) is 2.91. The first-order valence-electron chi connectivity index (χ1n) is 4.99. The fraction of sp³-hybridized carbons (Fsp3) is 0.900. The topological polar surface area (TPSA) is 38.3 Å². The van der Waals surface area contributed by atoms with Crippen molar-refractivity contribution in [2.75, 3.05) is 5.75 Å². The molecular weight excluding hydrogens is 198 g/mol. The van der Waals surface area contributed by atoms with Gasteiger partial charge in [-0.1, -0.05) is 0 Å². The molecule has 1 rings (SSSR count). The number of hydrogen-bond donors (Lipinski definition) is 2. The number of hydrogen-bond acceptors (Lipinski definition) is 3. The molecule has 0 aliphatic heterocycles. The van der Waals surface area contributed by atoms with Crippen LogP contribution in [0.5, 0.6) is 0 Å². The lowest BCUT2D eigenvalue weighted by Crippen LogP contribution is -2.40. The smallest absolute Gasteiger partial charge is 0.408 e. The van der Waals surface area contributed by atoms with Gasteiger partial charge in [-0.2, -0.15) is 12.6 Å². The number of ether oxygens (including phenoxy) is 1. The Kier molecular flexibility index (Phi) is 3.35. The van der Waals surface area contributed by atoms with Crippen LogP contribution in [0.1, 0.15) is 40.0 Å². The maximum Gasteiger partial charge on any atom is 0.408 e. The van der Waals surface area contributed by atoms with Crippen molar-refractivity contribution in [3.63, 3.8) is 0 Å². The van der Waals surface area contributed by atoms with Crippen molar-refractivity contribution in [1.29, 1.82) is 0 Å². The number of nitrogens with one attached hydrogen (secondary N) is 1. The standard InChI is InChI=1S/C10H19NO2S/c1-9(2,3)13-8(12)11-10(4-5-10)6-7-14/h14H,4-7H2,1-3H3,(H,11,12). The van der Waals surface area contributed by atoms with Crippen molar-refractivity contribution in [2.45, 2.75) is 51.2 Å². The van der Waals surface area contributed by atoms with E-state index in [4.69, 9.17) is 4.74 Å². The molecule has 1 amide bonds. The highest BCUT2D eigenvalue weighted by molar-refractivity contribution is 7.80. The summed E-state index contributed by atoms with van der Waals surface area (Å²) in [7, 11) is 0. The van der Waals surface area contributed by atoms with Crippen molar-refractivity contribution >= 4 is 18.7 Å². The van der Waals surface area contributed by atoms with Gasteiger partial charge in [-0.25, -0.2) is 4.79 Å². The van der Waals surface area contributed by atoms with Crippen LogP contribution in [0.25, 0.3) is 0 Å². The van der Waals surface area contributed by atoms with E-state index in [2.05, 4.69) is 17.9 Å². The molecule has 0 aromatic carbocycles. The Hall–Kier alpha value is -0.380. The molecular formula is C10H19NO2S. The maximum atomic E-state index is 11.4. The number of carbonyl (C=O) groups is 1. The molecule has 1 fully saturated rings. The lowest BCUT2D eigenvalue weighted by Gasteiger charge is -2.23. The monoisotopic (exact) mass is 217 g/mol. The molecule has 0 atom stereocenters. The number of rotatable bonds is 3. The van der Waals surface area contributed by atoms with Gasteiger partial charge in [0, 0.05) is 5.54 Å². The van der Waals surface area contributed by atoms with Crippen molar-refractivity contribution in [2.24, 2.45) is 0 Å². The third kappa shape index (κ3) is 3.78. The van der Waals surface area contributed by atoms with E-state index in [1.54, 1.807) is 0 Å². The van der Waals surface area contributed by atoms with Gasteiger partial charge in [-0.15, -0.1) is 0 Å². The van der Waals surface area contributed by atoms with Crippen LogP contribution in [0.4, 0.5) is 4.79 Å². The number of alkyl carbamates (subject to hydrolysis) is 1. The summed E-state index contributed by atoms with van der Waals surface area (Å²) in [6.45, 7) is 5.60. The molecule has 0 aromatic rings. The molecule has 0 unspecified atom stereocenters. The van der Waals surface area contributed by atoms with Gasteiger partial charge in [0.2, 0.25) is 0 Å². The van der Waals surface area contributed by atoms with Gasteiger partial charge in [0.1, 0.15) is 5.60 Å². The van der Waals surface area contributed by atoms with Gasteiger partial charge < -0.3 is 10.1 Å².